The summed E-state index contributed by atoms with van der Waals surface area (Å²) in [6.45, 7) is 2.19. The molecule has 0 atom stereocenters. The van der Waals surface area contributed by atoms with Crippen LogP contribution in [0.2, 0.25) is 0 Å². The molecule has 6 heteroatoms. The molecule has 6 nitrogen and oxygen atoms in total. The molecule has 4 N–H and O–H groups in total. The Hall–Kier alpha value is -1.72. The molecule has 12 heavy (non-hydrogen) atoms. The van der Waals surface area contributed by atoms with Gasteiger partial charge in [0.05, 0.1) is 0 Å². The first-order valence-electron chi connectivity index (χ1n) is 3.45. The van der Waals surface area contributed by atoms with Gasteiger partial charge in [-0.15, -0.1) is 0 Å². The molecule has 0 amide bonds. The van der Waals surface area contributed by atoms with E-state index in [4.69, 9.17) is 11.6 Å². The van der Waals surface area contributed by atoms with Crippen LogP contribution in [0.3, 0.4) is 0 Å². The predicted molar refractivity (Wildman–Crippen MR) is 45.2 cm³/mol. The second-order valence-electron chi connectivity index (χ2n) is 2.33. The van der Waals surface area contributed by atoms with Gasteiger partial charge in [-0.1, -0.05) is 0 Å². The van der Waals surface area contributed by atoms with E-state index in [-0.39, 0.29) is 5.69 Å². The van der Waals surface area contributed by atoms with Crippen LogP contribution in [0.15, 0.2) is 15.8 Å². The van der Waals surface area contributed by atoms with Crippen molar-refractivity contribution in [2.45, 2.75) is 13.5 Å². The lowest BCUT2D eigenvalue weighted by atomic mass is 10.5. The van der Waals surface area contributed by atoms with Crippen molar-refractivity contribution < 1.29 is 0 Å². The van der Waals surface area contributed by atoms with E-state index in [0.29, 0.717) is 11.2 Å². The summed E-state index contributed by atoms with van der Waals surface area (Å²) in [4.78, 5) is 22.1. The molecule has 0 unspecified atom stereocenters. The highest BCUT2D eigenvalue weighted by atomic mass is 16.2. The molecule has 0 spiro atoms. The summed E-state index contributed by atoms with van der Waals surface area (Å²) in [5.41, 5.74) is 4.04. The van der Waals surface area contributed by atoms with Crippen molar-refractivity contribution in [3.63, 3.8) is 0 Å². The molecule has 1 heterocycles. The maximum atomic E-state index is 11.1. The Morgan fingerprint density at radius 2 is 2.08 bits per heavy atom. The lowest BCUT2D eigenvalue weighted by Gasteiger charge is -2.04. The van der Waals surface area contributed by atoms with Gasteiger partial charge in [0, 0.05) is 12.7 Å². The number of nitrogen functional groups attached to an aromatic ring is 2. The first-order valence-corrected chi connectivity index (χ1v) is 3.45. The summed E-state index contributed by atoms with van der Waals surface area (Å²) in [5, 5.41) is 0. The van der Waals surface area contributed by atoms with Crippen LogP contribution in [0.5, 0.6) is 0 Å². The van der Waals surface area contributed by atoms with Gasteiger partial charge in [-0.05, 0) is 6.92 Å². The zero-order valence-corrected chi connectivity index (χ0v) is 6.65. The van der Waals surface area contributed by atoms with E-state index in [9.17, 15) is 9.59 Å². The highest BCUT2D eigenvalue weighted by Gasteiger charge is 2.03. The number of nitrogens with zero attached hydrogens (tertiary/aromatic N) is 2. The maximum Gasteiger partial charge on any atom is 0.349 e. The number of hydrogen-bond acceptors (Lipinski definition) is 4. The summed E-state index contributed by atoms with van der Waals surface area (Å²) in [6.07, 6.45) is 1.29. The number of aromatic nitrogens is 2. The first-order chi connectivity index (χ1) is 5.57. The molecule has 0 saturated heterocycles. The summed E-state index contributed by atoms with van der Waals surface area (Å²) >= 11 is 0. The topological polar surface area (TPSA) is 96.0 Å². The summed E-state index contributed by atoms with van der Waals surface area (Å²) in [6, 6.07) is 0. The fourth-order valence-electron chi connectivity index (χ4n) is 0.869. The van der Waals surface area contributed by atoms with E-state index in [1.165, 1.54) is 10.8 Å². The smallest absolute Gasteiger partial charge is 0.349 e. The number of anilines is 1. The van der Waals surface area contributed by atoms with Gasteiger partial charge in [-0.3, -0.25) is 9.36 Å². The Morgan fingerprint density at radius 1 is 1.50 bits per heavy atom. The quantitative estimate of drug-likeness (QED) is 0.492. The van der Waals surface area contributed by atoms with Crippen LogP contribution in [0.4, 0.5) is 5.69 Å². The van der Waals surface area contributed by atoms with Gasteiger partial charge in [0.2, 0.25) is 0 Å². The van der Waals surface area contributed by atoms with Gasteiger partial charge in [0.1, 0.15) is 5.69 Å². The minimum atomic E-state index is -0.662. The number of nitrogens with two attached hydrogens (primary N) is 2. The number of rotatable bonds is 1. The largest absolute Gasteiger partial charge is 0.393 e. The Morgan fingerprint density at radius 3 is 2.58 bits per heavy atom. The van der Waals surface area contributed by atoms with Crippen molar-refractivity contribution in [2.24, 2.45) is 0 Å². The Kier molecular flexibility index (Phi) is 1.90. The molecule has 0 bridgehead atoms. The van der Waals surface area contributed by atoms with Crippen molar-refractivity contribution in [3.8, 4) is 0 Å². The van der Waals surface area contributed by atoms with Gasteiger partial charge < -0.3 is 11.6 Å². The highest BCUT2D eigenvalue weighted by molar-refractivity contribution is 5.30. The second-order valence-corrected chi connectivity index (χ2v) is 2.33. The lowest BCUT2D eigenvalue weighted by Crippen LogP contribution is -2.44. The van der Waals surface area contributed by atoms with Crippen LogP contribution in [0.25, 0.3) is 0 Å². The molecular formula is C6H10N4O2. The molecule has 0 radical (unpaired) electrons. The SMILES string of the molecule is CCn1cc(N)c(=O)n(N)c1=O. The lowest BCUT2D eigenvalue weighted by molar-refractivity contribution is 0.651. The summed E-state index contributed by atoms with van der Waals surface area (Å²) in [7, 11) is 0. The number of hydrogen-bond donors (Lipinski definition) is 2. The average molecular weight is 170 g/mol. The van der Waals surface area contributed by atoms with Crippen LogP contribution in [0, 0.1) is 0 Å². The van der Waals surface area contributed by atoms with Crippen LogP contribution < -0.4 is 22.8 Å². The molecule has 0 fully saturated rings. The van der Waals surface area contributed by atoms with Crippen molar-refractivity contribution in [2.75, 3.05) is 11.6 Å². The molecule has 0 saturated carbocycles. The molecule has 1 aromatic heterocycles. The first kappa shape index (κ1) is 8.38. The fraction of sp³-hybridized carbons (Fsp3) is 0.333. The zero-order chi connectivity index (χ0) is 9.30. The minimum Gasteiger partial charge on any atom is -0.393 e. The van der Waals surface area contributed by atoms with Crippen LogP contribution in [-0.2, 0) is 6.54 Å². The van der Waals surface area contributed by atoms with E-state index in [1.807, 2.05) is 0 Å². The van der Waals surface area contributed by atoms with Crippen molar-refractivity contribution in [1.29, 1.82) is 0 Å². The van der Waals surface area contributed by atoms with Crippen molar-refractivity contribution in [3.05, 3.63) is 27.0 Å². The maximum absolute atomic E-state index is 11.1. The van der Waals surface area contributed by atoms with E-state index >= 15 is 0 Å². The summed E-state index contributed by atoms with van der Waals surface area (Å²) < 4.78 is 1.76. The van der Waals surface area contributed by atoms with Crippen molar-refractivity contribution in [1.82, 2.24) is 9.24 Å². The minimum absolute atomic E-state index is 0.0287. The third-order valence-electron chi connectivity index (χ3n) is 1.55. The molecule has 0 aliphatic rings. The van der Waals surface area contributed by atoms with Crippen LogP contribution in [-0.4, -0.2) is 9.24 Å². The molecule has 1 rings (SSSR count). The standard InChI is InChI=1S/C6H10N4O2/c1-2-9-3-4(7)5(11)10(8)6(9)12/h3H,2,7-8H2,1H3. The van der Waals surface area contributed by atoms with Gasteiger partial charge in [-0.2, -0.15) is 4.68 Å². The molecule has 0 aliphatic heterocycles. The second kappa shape index (κ2) is 2.72. The van der Waals surface area contributed by atoms with Crippen LogP contribution >= 0.6 is 0 Å². The number of aryl methyl sites for hydroxylation is 1. The molecule has 1 aromatic rings. The van der Waals surface area contributed by atoms with E-state index in [1.54, 1.807) is 6.92 Å². The van der Waals surface area contributed by atoms with Crippen molar-refractivity contribution >= 4 is 5.69 Å². The third-order valence-corrected chi connectivity index (χ3v) is 1.55. The van der Waals surface area contributed by atoms with E-state index in [0.717, 1.165) is 0 Å². The van der Waals surface area contributed by atoms with Gasteiger partial charge in [0.15, 0.2) is 0 Å². The Bertz CT molecular complexity index is 403. The predicted octanol–water partition coefficient (Wildman–Crippen LogP) is -1.67. The zero-order valence-electron chi connectivity index (χ0n) is 6.65. The Balaban J connectivity index is 3.61. The third kappa shape index (κ3) is 1.07. The molecule has 0 aliphatic carbocycles. The van der Waals surface area contributed by atoms with Gasteiger partial charge in [-0.25, -0.2) is 4.79 Å². The highest BCUT2D eigenvalue weighted by Crippen LogP contribution is 1.86. The van der Waals surface area contributed by atoms with E-state index in [2.05, 4.69) is 0 Å². The van der Waals surface area contributed by atoms with Gasteiger partial charge in [0.25, 0.3) is 5.56 Å². The van der Waals surface area contributed by atoms with Crippen LogP contribution in [0.1, 0.15) is 6.92 Å². The average Bonchev–Trinajstić information content (AvgIpc) is 2.08. The normalized spacial score (nSPS) is 10.1. The Labute approximate surface area is 68.0 Å². The summed E-state index contributed by atoms with van der Waals surface area (Å²) in [5.74, 6) is 5.15. The molecule has 66 valence electrons. The van der Waals surface area contributed by atoms with E-state index < -0.39 is 11.2 Å². The fourth-order valence-corrected chi connectivity index (χ4v) is 0.869. The monoisotopic (exact) mass is 170 g/mol. The molecule has 0 aromatic carbocycles. The van der Waals surface area contributed by atoms with Gasteiger partial charge >= 0.3 is 5.69 Å². The molecular weight excluding hydrogens is 160 g/mol.